The van der Waals surface area contributed by atoms with E-state index in [1.54, 1.807) is 12.1 Å². The Morgan fingerprint density at radius 1 is 0.958 bits per heavy atom. The van der Waals surface area contributed by atoms with Crippen molar-refractivity contribution in [2.75, 3.05) is 19.5 Å². The molecule has 2 amide bonds. The molecular formula is C33H32F4N2O8S. The van der Waals surface area contributed by atoms with E-state index in [9.17, 15) is 36.0 Å². The van der Waals surface area contributed by atoms with Crippen LogP contribution >= 0.6 is 0 Å². The summed E-state index contributed by atoms with van der Waals surface area (Å²) < 4.78 is 89.2. The molecule has 3 N–H and O–H groups in total. The summed E-state index contributed by atoms with van der Waals surface area (Å²) in [4.78, 5) is 37.3. The number of hydrogen-bond acceptors (Lipinski definition) is 7. The number of carbonyl (C=O) groups excluding carboxylic acids is 2. The van der Waals surface area contributed by atoms with Gasteiger partial charge in [0, 0.05) is 29.8 Å². The number of carbonyl (C=O) groups is 3. The molecule has 0 aliphatic heterocycles. The molecule has 3 aromatic carbocycles. The van der Waals surface area contributed by atoms with Gasteiger partial charge in [-0.25, -0.2) is 12.8 Å². The number of nitrogens with one attached hydrogen (secondary N) is 2. The second-order valence-electron chi connectivity index (χ2n) is 11.8. The number of sulfone groups is 1. The Bertz CT molecular complexity index is 1860. The Morgan fingerprint density at radius 2 is 1.67 bits per heavy atom. The predicted octanol–water partition coefficient (Wildman–Crippen LogP) is 5.60. The largest absolute Gasteiger partial charge is 0.501 e. The van der Waals surface area contributed by atoms with Crippen LogP contribution in [0.4, 0.5) is 23.2 Å². The molecule has 0 spiro atoms. The lowest BCUT2D eigenvalue weighted by molar-refractivity contribution is -0.137. The number of benzene rings is 3. The summed E-state index contributed by atoms with van der Waals surface area (Å²) in [5.74, 6) is -3.64. The second kappa shape index (κ2) is 13.5. The normalized spacial score (nSPS) is 20.3. The Hall–Kier alpha value is -4.66. The fourth-order valence-electron chi connectivity index (χ4n) is 6.69. The molecule has 0 unspecified atom stereocenters. The van der Waals surface area contributed by atoms with E-state index in [0.717, 1.165) is 30.7 Å². The number of aliphatic carboxylic acids is 1. The number of carboxylic acids is 1. The highest BCUT2D eigenvalue weighted by molar-refractivity contribution is 7.92. The maximum atomic E-state index is 15.3. The third kappa shape index (κ3) is 6.82. The number of ether oxygens (including phenoxy) is 2. The average molecular weight is 693 g/mol. The van der Waals surface area contributed by atoms with Crippen molar-refractivity contribution in [2.45, 2.75) is 48.5 Å². The summed E-state index contributed by atoms with van der Waals surface area (Å²) in [6.45, 7) is 0. The van der Waals surface area contributed by atoms with Crippen molar-refractivity contribution in [3.05, 3.63) is 71.5 Å². The van der Waals surface area contributed by atoms with Crippen LogP contribution in [0.15, 0.2) is 59.5 Å². The number of fused-ring (bicyclic) bond motifs is 2. The van der Waals surface area contributed by atoms with Gasteiger partial charge in [-0.05, 0) is 79.0 Å². The number of carboxylic acid groups (broad SMARTS) is 1. The Balaban J connectivity index is 1.40. The summed E-state index contributed by atoms with van der Waals surface area (Å²) in [5, 5.41) is 14.5. The fraction of sp³-hybridized carbons (Fsp3) is 0.364. The van der Waals surface area contributed by atoms with Gasteiger partial charge in [0.2, 0.25) is 5.91 Å². The van der Waals surface area contributed by atoms with Gasteiger partial charge in [-0.1, -0.05) is 18.2 Å². The summed E-state index contributed by atoms with van der Waals surface area (Å²) in [5.41, 5.74) is -4.69. The number of rotatable bonds is 11. The van der Waals surface area contributed by atoms with Crippen LogP contribution in [0.25, 0.3) is 11.1 Å². The maximum absolute atomic E-state index is 15.3. The van der Waals surface area contributed by atoms with Crippen LogP contribution in [0, 0.1) is 23.6 Å². The minimum absolute atomic E-state index is 0.0187. The summed E-state index contributed by atoms with van der Waals surface area (Å²) >= 11 is 0. The number of halogens is 4. The van der Waals surface area contributed by atoms with Crippen molar-refractivity contribution in [3.8, 4) is 22.6 Å². The molecule has 0 heterocycles. The van der Waals surface area contributed by atoms with E-state index in [1.807, 2.05) is 0 Å². The molecule has 15 heteroatoms. The summed E-state index contributed by atoms with van der Waals surface area (Å²) in [7, 11) is -2.97. The van der Waals surface area contributed by atoms with Gasteiger partial charge in [0.25, 0.3) is 15.7 Å². The standard InChI is InChI=1S/C33H32F4N2O8S/c1-46-26-13-18(7-6-17(26)10-11-28(40)41)23-15-24(27(47-2)16-25(23)34)31(42)39-30-20-9-8-19(12-20)29(30)32(43)38-21-4-3-5-22(14-21)48(44,45)33(35,36)37/h3-7,13-16,19-20,29-30H,8-12H2,1-2H3,(H,38,43)(H,39,42)(H,40,41)/t19-,20+,29+,30-/m1/s1. The van der Waals surface area contributed by atoms with Crippen LogP contribution in [0.5, 0.6) is 11.5 Å². The fourth-order valence-corrected chi connectivity index (χ4v) is 7.50. The molecule has 256 valence electrons. The van der Waals surface area contributed by atoms with Crippen LogP contribution in [0.1, 0.15) is 41.6 Å². The van der Waals surface area contributed by atoms with E-state index in [-0.39, 0.29) is 47.2 Å². The smallest absolute Gasteiger partial charge is 0.496 e. The molecule has 2 bridgehead atoms. The Kier molecular flexibility index (Phi) is 9.72. The van der Waals surface area contributed by atoms with Gasteiger partial charge in [0.05, 0.1) is 30.6 Å². The summed E-state index contributed by atoms with van der Waals surface area (Å²) in [6.07, 6.45) is 2.08. The van der Waals surface area contributed by atoms with Crippen molar-refractivity contribution in [1.82, 2.24) is 5.32 Å². The third-order valence-electron chi connectivity index (χ3n) is 8.97. The average Bonchev–Trinajstić information content (AvgIpc) is 3.65. The first-order valence-electron chi connectivity index (χ1n) is 14.9. The van der Waals surface area contributed by atoms with Gasteiger partial charge in [0.1, 0.15) is 17.3 Å². The second-order valence-corrected chi connectivity index (χ2v) is 13.7. The Morgan fingerprint density at radius 3 is 2.33 bits per heavy atom. The van der Waals surface area contributed by atoms with Crippen LogP contribution in [0.3, 0.4) is 0 Å². The third-order valence-corrected chi connectivity index (χ3v) is 10.5. The first kappa shape index (κ1) is 34.7. The quantitative estimate of drug-likeness (QED) is 0.220. The molecule has 0 aromatic heterocycles. The minimum Gasteiger partial charge on any atom is -0.496 e. The molecule has 2 aliphatic carbocycles. The number of anilines is 1. The monoisotopic (exact) mass is 692 g/mol. The minimum atomic E-state index is -5.64. The highest BCUT2D eigenvalue weighted by atomic mass is 32.2. The maximum Gasteiger partial charge on any atom is 0.501 e. The van der Waals surface area contributed by atoms with E-state index in [4.69, 9.17) is 14.6 Å². The molecular weight excluding hydrogens is 660 g/mol. The van der Waals surface area contributed by atoms with Crippen molar-refractivity contribution in [1.29, 1.82) is 0 Å². The van der Waals surface area contributed by atoms with Crippen molar-refractivity contribution >= 4 is 33.3 Å². The predicted molar refractivity (Wildman–Crippen MR) is 165 cm³/mol. The molecule has 0 radical (unpaired) electrons. The van der Waals surface area contributed by atoms with Crippen LogP contribution in [-0.2, 0) is 25.8 Å². The lowest BCUT2D eigenvalue weighted by atomic mass is 9.83. The molecule has 5 rings (SSSR count). The SMILES string of the molecule is COc1cc(-c2cc(C(=O)N[C@@H]3[C@H]4CC[C@H](C4)[C@@H]3C(=O)Nc3cccc(S(=O)(=O)C(F)(F)F)c3)c(OC)cc2F)ccc1CCC(=O)O. The lowest BCUT2D eigenvalue weighted by Crippen LogP contribution is -2.48. The van der Waals surface area contributed by atoms with Gasteiger partial charge < -0.3 is 25.2 Å². The zero-order valence-electron chi connectivity index (χ0n) is 25.8. The first-order chi connectivity index (χ1) is 22.6. The molecule has 3 aromatic rings. The number of amides is 2. The van der Waals surface area contributed by atoms with Gasteiger partial charge in [0.15, 0.2) is 0 Å². The van der Waals surface area contributed by atoms with Crippen molar-refractivity contribution in [3.63, 3.8) is 0 Å². The number of aryl methyl sites for hydroxylation is 1. The molecule has 48 heavy (non-hydrogen) atoms. The van der Waals surface area contributed by atoms with Crippen LogP contribution < -0.4 is 20.1 Å². The molecule has 10 nitrogen and oxygen atoms in total. The Labute approximate surface area is 273 Å². The summed E-state index contributed by atoms with van der Waals surface area (Å²) in [6, 6.07) is 10.3. The van der Waals surface area contributed by atoms with E-state index in [1.165, 1.54) is 32.4 Å². The highest BCUT2D eigenvalue weighted by Gasteiger charge is 2.52. The van der Waals surface area contributed by atoms with E-state index in [2.05, 4.69) is 10.6 Å². The van der Waals surface area contributed by atoms with Crippen LogP contribution in [-0.4, -0.2) is 57.1 Å². The zero-order chi connectivity index (χ0) is 35.0. The van der Waals surface area contributed by atoms with E-state index in [0.29, 0.717) is 29.7 Å². The molecule has 4 atom stereocenters. The molecule has 2 saturated carbocycles. The molecule has 2 aliphatic rings. The topological polar surface area (TPSA) is 148 Å². The first-order valence-corrected chi connectivity index (χ1v) is 16.4. The van der Waals surface area contributed by atoms with Gasteiger partial charge in [-0.3, -0.25) is 14.4 Å². The number of alkyl halides is 3. The number of hydrogen-bond donors (Lipinski definition) is 3. The van der Waals surface area contributed by atoms with Crippen molar-refractivity contribution in [2.24, 2.45) is 17.8 Å². The zero-order valence-corrected chi connectivity index (χ0v) is 26.6. The van der Waals surface area contributed by atoms with E-state index >= 15 is 4.39 Å². The molecule has 2 fully saturated rings. The van der Waals surface area contributed by atoms with Crippen LogP contribution in [0.2, 0.25) is 0 Å². The molecule has 0 saturated heterocycles. The lowest BCUT2D eigenvalue weighted by Gasteiger charge is -2.31. The number of methoxy groups -OCH3 is 2. The van der Waals surface area contributed by atoms with E-state index < -0.39 is 55.8 Å². The highest BCUT2D eigenvalue weighted by Crippen LogP contribution is 2.49. The van der Waals surface area contributed by atoms with Crippen molar-refractivity contribution < 1.29 is 54.9 Å². The van der Waals surface area contributed by atoms with Gasteiger partial charge in [-0.15, -0.1) is 0 Å². The van der Waals surface area contributed by atoms with Gasteiger partial charge in [-0.2, -0.15) is 13.2 Å². The van der Waals surface area contributed by atoms with Gasteiger partial charge >= 0.3 is 11.5 Å².